The number of ether oxygens (including phenoxy) is 2. The number of carbonyl (C=O) groups is 2. The first-order valence-electron chi connectivity index (χ1n) is 6.80. The molecule has 0 saturated carbocycles. The Bertz CT molecular complexity index is 472. The van der Waals surface area contributed by atoms with Gasteiger partial charge in [0.1, 0.15) is 11.6 Å². The Hall–Kier alpha value is -1.39. The van der Waals surface area contributed by atoms with E-state index in [4.69, 9.17) is 10.5 Å². The summed E-state index contributed by atoms with van der Waals surface area (Å²) in [5, 5.41) is 0. The van der Waals surface area contributed by atoms with Crippen molar-refractivity contribution >= 4 is 22.3 Å². The van der Waals surface area contributed by atoms with Gasteiger partial charge < -0.3 is 15.2 Å². The topological polar surface area (TPSA) is 137 Å². The minimum Gasteiger partial charge on any atom is -0.468 e. The molecule has 0 saturated heterocycles. The summed E-state index contributed by atoms with van der Waals surface area (Å²) in [6, 6.07) is -0.721. The molecular formula is C12H25N3O6S. The van der Waals surface area contributed by atoms with E-state index in [1.165, 1.54) is 7.11 Å². The third-order valence-electron chi connectivity index (χ3n) is 2.35. The number of methoxy groups -OCH3 is 1. The molecule has 0 aromatic rings. The van der Waals surface area contributed by atoms with Gasteiger partial charge in [0.05, 0.1) is 7.11 Å². The smallest absolute Gasteiger partial charge is 0.422 e. The molecule has 130 valence electrons. The van der Waals surface area contributed by atoms with E-state index in [2.05, 4.69) is 9.46 Å². The van der Waals surface area contributed by atoms with Crippen molar-refractivity contribution in [3.63, 3.8) is 0 Å². The summed E-state index contributed by atoms with van der Waals surface area (Å²) in [6.45, 7) is 4.97. The van der Waals surface area contributed by atoms with Crippen LogP contribution in [0.2, 0.25) is 0 Å². The fourth-order valence-electron chi connectivity index (χ4n) is 1.41. The number of unbranched alkanes of at least 4 members (excludes halogenated alkanes) is 1. The monoisotopic (exact) mass is 339 g/mol. The second kappa shape index (κ2) is 8.91. The molecule has 1 unspecified atom stereocenters. The molecule has 22 heavy (non-hydrogen) atoms. The van der Waals surface area contributed by atoms with Gasteiger partial charge in [-0.1, -0.05) is 6.42 Å². The molecule has 0 rings (SSSR count). The van der Waals surface area contributed by atoms with E-state index in [9.17, 15) is 18.0 Å². The molecule has 0 bridgehead atoms. The van der Waals surface area contributed by atoms with E-state index in [1.807, 2.05) is 0 Å². The summed E-state index contributed by atoms with van der Waals surface area (Å²) in [6.07, 6.45) is 0.326. The summed E-state index contributed by atoms with van der Waals surface area (Å²) < 4.78 is 36.4. The standard InChI is InChI=1S/C12H25N3O6S/c1-12(2,3)21-11(17)15-22(18,19)14-8-6-5-7-9(13)10(16)20-4/h9,14H,5-8,13H2,1-4H3,(H,15,17). The summed E-state index contributed by atoms with van der Waals surface area (Å²) in [7, 11) is -2.72. The predicted octanol–water partition coefficient (Wildman–Crippen LogP) is 0.0161. The van der Waals surface area contributed by atoms with Gasteiger partial charge in [-0.3, -0.25) is 4.79 Å². The van der Waals surface area contributed by atoms with E-state index in [0.717, 1.165) is 0 Å². The lowest BCUT2D eigenvalue weighted by atomic mass is 10.1. The maximum absolute atomic E-state index is 11.6. The first-order chi connectivity index (χ1) is 9.97. The van der Waals surface area contributed by atoms with Gasteiger partial charge in [-0.05, 0) is 33.6 Å². The van der Waals surface area contributed by atoms with Crippen LogP contribution in [-0.2, 0) is 24.5 Å². The molecule has 4 N–H and O–H groups in total. The largest absolute Gasteiger partial charge is 0.468 e. The molecular weight excluding hydrogens is 314 g/mol. The molecule has 0 aliphatic carbocycles. The summed E-state index contributed by atoms with van der Waals surface area (Å²) >= 11 is 0. The highest BCUT2D eigenvalue weighted by atomic mass is 32.2. The number of esters is 1. The van der Waals surface area contributed by atoms with Crippen LogP contribution < -0.4 is 15.2 Å². The van der Waals surface area contributed by atoms with Crippen LogP contribution in [0.4, 0.5) is 4.79 Å². The van der Waals surface area contributed by atoms with Gasteiger partial charge >= 0.3 is 22.3 Å². The Labute approximate surface area is 131 Å². The number of hydrogen-bond donors (Lipinski definition) is 3. The molecule has 0 radical (unpaired) electrons. The molecule has 1 amide bonds. The van der Waals surface area contributed by atoms with E-state index < -0.39 is 33.9 Å². The fraction of sp³-hybridized carbons (Fsp3) is 0.833. The Morgan fingerprint density at radius 2 is 1.82 bits per heavy atom. The first kappa shape index (κ1) is 20.6. The van der Waals surface area contributed by atoms with Crippen molar-refractivity contribution in [2.75, 3.05) is 13.7 Å². The second-order valence-electron chi connectivity index (χ2n) is 5.63. The maximum atomic E-state index is 11.6. The van der Waals surface area contributed by atoms with Gasteiger partial charge in [0.2, 0.25) is 0 Å². The number of nitrogens with two attached hydrogens (primary N) is 1. The van der Waals surface area contributed by atoms with Crippen molar-refractivity contribution < 1.29 is 27.5 Å². The Balaban J connectivity index is 3.99. The molecule has 0 aliphatic heterocycles. The Morgan fingerprint density at radius 1 is 1.23 bits per heavy atom. The molecule has 0 aromatic heterocycles. The Morgan fingerprint density at radius 3 is 2.32 bits per heavy atom. The average molecular weight is 339 g/mol. The number of carbonyl (C=O) groups excluding carboxylic acids is 2. The van der Waals surface area contributed by atoms with E-state index in [-0.39, 0.29) is 6.54 Å². The van der Waals surface area contributed by atoms with Gasteiger partial charge in [0.15, 0.2) is 0 Å². The van der Waals surface area contributed by atoms with Crippen molar-refractivity contribution in [2.45, 2.75) is 51.7 Å². The van der Waals surface area contributed by atoms with Crippen LogP contribution in [0.1, 0.15) is 40.0 Å². The van der Waals surface area contributed by atoms with Crippen LogP contribution in [0.25, 0.3) is 0 Å². The molecule has 10 heteroatoms. The van der Waals surface area contributed by atoms with Crippen LogP contribution in [0.15, 0.2) is 0 Å². The number of amides is 1. The van der Waals surface area contributed by atoms with E-state index >= 15 is 0 Å². The second-order valence-corrected chi connectivity index (χ2v) is 7.13. The minimum absolute atomic E-state index is 0.103. The normalized spacial score (nSPS) is 13.3. The molecule has 0 aliphatic rings. The van der Waals surface area contributed by atoms with Gasteiger partial charge in [-0.15, -0.1) is 0 Å². The molecule has 0 aromatic carbocycles. The van der Waals surface area contributed by atoms with Crippen molar-refractivity contribution in [1.82, 2.24) is 9.44 Å². The quantitative estimate of drug-likeness (QED) is 0.418. The zero-order valence-corrected chi connectivity index (χ0v) is 14.2. The highest BCUT2D eigenvalue weighted by molar-refractivity contribution is 7.88. The first-order valence-corrected chi connectivity index (χ1v) is 8.29. The van der Waals surface area contributed by atoms with Crippen LogP contribution in [0.3, 0.4) is 0 Å². The summed E-state index contributed by atoms with van der Waals surface area (Å²) in [4.78, 5) is 22.4. The lowest BCUT2D eigenvalue weighted by Gasteiger charge is -2.19. The summed E-state index contributed by atoms with van der Waals surface area (Å²) in [5.41, 5.74) is 4.75. The zero-order valence-electron chi connectivity index (χ0n) is 13.3. The van der Waals surface area contributed by atoms with E-state index in [0.29, 0.717) is 19.3 Å². The van der Waals surface area contributed by atoms with Crippen molar-refractivity contribution in [2.24, 2.45) is 5.73 Å². The van der Waals surface area contributed by atoms with E-state index in [1.54, 1.807) is 25.5 Å². The number of rotatable bonds is 8. The highest BCUT2D eigenvalue weighted by Gasteiger charge is 2.21. The molecule has 0 spiro atoms. The lowest BCUT2D eigenvalue weighted by Crippen LogP contribution is -2.43. The van der Waals surface area contributed by atoms with Crippen LogP contribution in [0.5, 0.6) is 0 Å². The van der Waals surface area contributed by atoms with Crippen LogP contribution >= 0.6 is 0 Å². The molecule has 9 nitrogen and oxygen atoms in total. The van der Waals surface area contributed by atoms with Crippen molar-refractivity contribution in [3.8, 4) is 0 Å². The van der Waals surface area contributed by atoms with Crippen molar-refractivity contribution in [3.05, 3.63) is 0 Å². The van der Waals surface area contributed by atoms with Gasteiger partial charge in [-0.2, -0.15) is 13.1 Å². The SMILES string of the molecule is COC(=O)C(N)CCCCNS(=O)(=O)NC(=O)OC(C)(C)C. The highest BCUT2D eigenvalue weighted by Crippen LogP contribution is 2.06. The number of nitrogens with one attached hydrogen (secondary N) is 2. The van der Waals surface area contributed by atoms with Gasteiger partial charge in [0, 0.05) is 6.54 Å². The lowest BCUT2D eigenvalue weighted by molar-refractivity contribution is -0.142. The van der Waals surface area contributed by atoms with Gasteiger partial charge in [-0.25, -0.2) is 9.52 Å². The predicted molar refractivity (Wildman–Crippen MR) is 80.1 cm³/mol. The van der Waals surface area contributed by atoms with Crippen LogP contribution in [0, 0.1) is 0 Å². The van der Waals surface area contributed by atoms with Gasteiger partial charge in [0.25, 0.3) is 0 Å². The third kappa shape index (κ3) is 10.4. The fourth-order valence-corrected chi connectivity index (χ4v) is 2.16. The number of hydrogen-bond acceptors (Lipinski definition) is 7. The molecule has 1 atom stereocenters. The molecule has 0 fully saturated rings. The maximum Gasteiger partial charge on any atom is 0.422 e. The minimum atomic E-state index is -3.97. The third-order valence-corrected chi connectivity index (χ3v) is 3.37. The summed E-state index contributed by atoms with van der Waals surface area (Å²) in [5.74, 6) is -0.507. The van der Waals surface area contributed by atoms with Crippen LogP contribution in [-0.4, -0.2) is 45.8 Å². The Kier molecular flexibility index (Phi) is 8.35. The average Bonchev–Trinajstić information content (AvgIpc) is 2.33. The zero-order chi connectivity index (χ0) is 17.4. The molecule has 0 heterocycles. The van der Waals surface area contributed by atoms with Crippen molar-refractivity contribution in [1.29, 1.82) is 0 Å².